The van der Waals surface area contributed by atoms with Gasteiger partial charge in [0.2, 0.25) is 0 Å². The Bertz CT molecular complexity index is 621. The van der Waals surface area contributed by atoms with E-state index in [-0.39, 0.29) is 5.91 Å². The summed E-state index contributed by atoms with van der Waals surface area (Å²) in [4.78, 5) is 12.1. The summed E-state index contributed by atoms with van der Waals surface area (Å²) in [5.41, 5.74) is 9.90. The Morgan fingerprint density at radius 3 is 2.42 bits per heavy atom. The Morgan fingerprint density at radius 2 is 1.79 bits per heavy atom. The number of nitrogens with two attached hydrogens (primary N) is 1. The molecule has 0 radical (unpaired) electrons. The number of carbonyl (C=O) groups is 1. The van der Waals surface area contributed by atoms with Crippen LogP contribution >= 0.6 is 15.9 Å². The van der Waals surface area contributed by atoms with Gasteiger partial charge in [-0.15, -0.1) is 0 Å². The minimum atomic E-state index is -0.149. The highest BCUT2D eigenvalue weighted by Crippen LogP contribution is 2.28. The molecular formula is C15H15BrN2O. The molecule has 0 aromatic heterocycles. The van der Waals surface area contributed by atoms with Crippen molar-refractivity contribution in [2.45, 2.75) is 13.8 Å². The van der Waals surface area contributed by atoms with E-state index in [0.717, 1.165) is 15.6 Å². The average molecular weight is 319 g/mol. The number of hydrogen-bond donors (Lipinski definition) is 2. The molecule has 19 heavy (non-hydrogen) atoms. The maximum atomic E-state index is 12.1. The number of hydrogen-bond acceptors (Lipinski definition) is 2. The molecule has 0 unspecified atom stereocenters. The van der Waals surface area contributed by atoms with Gasteiger partial charge in [0.05, 0.1) is 5.69 Å². The molecular weight excluding hydrogens is 304 g/mol. The zero-order valence-corrected chi connectivity index (χ0v) is 12.4. The van der Waals surface area contributed by atoms with E-state index in [4.69, 9.17) is 5.73 Å². The van der Waals surface area contributed by atoms with E-state index in [1.807, 2.05) is 32.0 Å². The van der Waals surface area contributed by atoms with Crippen LogP contribution < -0.4 is 11.1 Å². The highest BCUT2D eigenvalue weighted by Gasteiger charge is 2.09. The smallest absolute Gasteiger partial charge is 0.255 e. The minimum Gasteiger partial charge on any atom is -0.398 e. The van der Waals surface area contributed by atoms with Crippen LogP contribution in [0.2, 0.25) is 0 Å². The summed E-state index contributed by atoms with van der Waals surface area (Å²) in [5, 5.41) is 2.85. The Morgan fingerprint density at radius 1 is 1.16 bits per heavy atom. The molecule has 0 fully saturated rings. The standard InChI is InChI=1S/C15H15BrN2O/c1-9-3-5-11(6-4-9)15(19)18-14-8-13(17)10(2)7-12(14)16/h3-8H,17H2,1-2H3,(H,18,19). The summed E-state index contributed by atoms with van der Waals surface area (Å²) in [6.45, 7) is 3.91. The number of rotatable bonds is 2. The molecule has 2 aromatic rings. The molecule has 0 aliphatic carbocycles. The monoisotopic (exact) mass is 318 g/mol. The van der Waals surface area contributed by atoms with E-state index in [2.05, 4.69) is 21.2 Å². The van der Waals surface area contributed by atoms with E-state index in [1.54, 1.807) is 18.2 Å². The van der Waals surface area contributed by atoms with Crippen LogP contribution in [-0.2, 0) is 0 Å². The first-order valence-electron chi connectivity index (χ1n) is 5.91. The van der Waals surface area contributed by atoms with Crippen LogP contribution in [0.25, 0.3) is 0 Å². The maximum absolute atomic E-state index is 12.1. The average Bonchev–Trinajstić information content (AvgIpc) is 2.36. The minimum absolute atomic E-state index is 0.149. The molecule has 2 aromatic carbocycles. The number of carbonyl (C=O) groups excluding carboxylic acids is 1. The molecule has 98 valence electrons. The second-order valence-electron chi connectivity index (χ2n) is 4.51. The van der Waals surface area contributed by atoms with Crippen LogP contribution in [0.1, 0.15) is 21.5 Å². The third-order valence-corrected chi connectivity index (χ3v) is 3.57. The van der Waals surface area contributed by atoms with Crippen molar-refractivity contribution in [2.75, 3.05) is 11.1 Å². The fraction of sp³-hybridized carbons (Fsp3) is 0.133. The van der Waals surface area contributed by atoms with E-state index in [9.17, 15) is 4.79 Å². The van der Waals surface area contributed by atoms with E-state index in [1.165, 1.54) is 0 Å². The zero-order valence-electron chi connectivity index (χ0n) is 10.8. The van der Waals surface area contributed by atoms with Gasteiger partial charge < -0.3 is 11.1 Å². The van der Waals surface area contributed by atoms with Gasteiger partial charge in [-0.3, -0.25) is 4.79 Å². The largest absolute Gasteiger partial charge is 0.398 e. The molecule has 2 rings (SSSR count). The van der Waals surface area contributed by atoms with Crippen LogP contribution in [0.4, 0.5) is 11.4 Å². The molecule has 0 saturated carbocycles. The number of halogens is 1. The Balaban J connectivity index is 2.24. The highest BCUT2D eigenvalue weighted by atomic mass is 79.9. The quantitative estimate of drug-likeness (QED) is 0.825. The van der Waals surface area contributed by atoms with Crippen molar-refractivity contribution in [3.8, 4) is 0 Å². The van der Waals surface area contributed by atoms with Crippen LogP contribution in [-0.4, -0.2) is 5.91 Å². The molecule has 0 bridgehead atoms. The van der Waals surface area contributed by atoms with Crippen molar-refractivity contribution in [2.24, 2.45) is 0 Å². The van der Waals surface area contributed by atoms with Gasteiger partial charge in [0.15, 0.2) is 0 Å². The Labute approximate surface area is 121 Å². The lowest BCUT2D eigenvalue weighted by Gasteiger charge is -2.10. The topological polar surface area (TPSA) is 55.1 Å². The van der Waals surface area contributed by atoms with Gasteiger partial charge in [-0.1, -0.05) is 17.7 Å². The first kappa shape index (κ1) is 13.6. The van der Waals surface area contributed by atoms with E-state index in [0.29, 0.717) is 16.9 Å². The first-order valence-corrected chi connectivity index (χ1v) is 6.70. The van der Waals surface area contributed by atoms with Gasteiger partial charge in [-0.05, 0) is 59.6 Å². The molecule has 1 amide bonds. The van der Waals surface area contributed by atoms with Crippen LogP contribution in [0.3, 0.4) is 0 Å². The number of nitrogens with one attached hydrogen (secondary N) is 1. The summed E-state index contributed by atoms with van der Waals surface area (Å²) in [7, 11) is 0. The molecule has 0 heterocycles. The second kappa shape index (κ2) is 5.45. The number of benzene rings is 2. The van der Waals surface area contributed by atoms with Crippen molar-refractivity contribution in [1.29, 1.82) is 0 Å². The molecule has 3 nitrogen and oxygen atoms in total. The number of nitrogen functional groups attached to an aromatic ring is 1. The predicted octanol–water partition coefficient (Wildman–Crippen LogP) is 3.90. The van der Waals surface area contributed by atoms with Crippen LogP contribution in [0.15, 0.2) is 40.9 Å². The number of anilines is 2. The summed E-state index contributed by atoms with van der Waals surface area (Å²) in [6.07, 6.45) is 0. The van der Waals surface area contributed by atoms with Crippen molar-refractivity contribution < 1.29 is 4.79 Å². The second-order valence-corrected chi connectivity index (χ2v) is 5.36. The molecule has 0 saturated heterocycles. The normalized spacial score (nSPS) is 10.3. The van der Waals surface area contributed by atoms with Gasteiger partial charge in [0.25, 0.3) is 5.91 Å². The van der Waals surface area contributed by atoms with Gasteiger partial charge in [-0.25, -0.2) is 0 Å². The lowest BCUT2D eigenvalue weighted by Crippen LogP contribution is -2.12. The third kappa shape index (κ3) is 3.15. The molecule has 0 aliphatic heterocycles. The SMILES string of the molecule is Cc1ccc(C(=O)Nc2cc(N)c(C)cc2Br)cc1. The maximum Gasteiger partial charge on any atom is 0.255 e. The first-order chi connectivity index (χ1) is 8.97. The van der Waals surface area contributed by atoms with Crippen LogP contribution in [0.5, 0.6) is 0 Å². The van der Waals surface area contributed by atoms with Crippen LogP contribution in [0, 0.1) is 13.8 Å². The van der Waals surface area contributed by atoms with Crippen molar-refractivity contribution in [3.05, 3.63) is 57.6 Å². The molecule has 0 spiro atoms. The van der Waals surface area contributed by atoms with E-state index >= 15 is 0 Å². The van der Waals surface area contributed by atoms with Gasteiger partial charge >= 0.3 is 0 Å². The number of amides is 1. The van der Waals surface area contributed by atoms with Crippen molar-refractivity contribution >= 4 is 33.2 Å². The van der Waals surface area contributed by atoms with E-state index < -0.39 is 0 Å². The Hall–Kier alpha value is -1.81. The molecule has 4 heteroatoms. The summed E-state index contributed by atoms with van der Waals surface area (Å²) < 4.78 is 0.819. The fourth-order valence-electron chi connectivity index (χ4n) is 1.68. The number of aryl methyl sites for hydroxylation is 2. The summed E-state index contributed by atoms with van der Waals surface area (Å²) in [5.74, 6) is -0.149. The summed E-state index contributed by atoms with van der Waals surface area (Å²) in [6, 6.07) is 11.1. The fourth-order valence-corrected chi connectivity index (χ4v) is 2.24. The molecule has 0 atom stereocenters. The predicted molar refractivity (Wildman–Crippen MR) is 82.4 cm³/mol. The van der Waals surface area contributed by atoms with Gasteiger partial charge in [0, 0.05) is 15.7 Å². The van der Waals surface area contributed by atoms with Crippen molar-refractivity contribution in [1.82, 2.24) is 0 Å². The highest BCUT2D eigenvalue weighted by molar-refractivity contribution is 9.10. The third-order valence-electron chi connectivity index (χ3n) is 2.92. The van der Waals surface area contributed by atoms with Gasteiger partial charge in [-0.2, -0.15) is 0 Å². The lowest BCUT2D eigenvalue weighted by molar-refractivity contribution is 0.102. The zero-order chi connectivity index (χ0) is 14.0. The molecule has 3 N–H and O–H groups in total. The van der Waals surface area contributed by atoms with Gasteiger partial charge in [0.1, 0.15) is 0 Å². The molecule has 0 aliphatic rings. The Kier molecular flexibility index (Phi) is 3.90. The summed E-state index contributed by atoms with van der Waals surface area (Å²) >= 11 is 3.42. The van der Waals surface area contributed by atoms with Crippen molar-refractivity contribution in [3.63, 3.8) is 0 Å². The lowest BCUT2D eigenvalue weighted by atomic mass is 10.1.